The summed E-state index contributed by atoms with van der Waals surface area (Å²) in [6.07, 6.45) is -0.0532. The molecule has 5 rings (SSSR count). The Balaban J connectivity index is 0.903. The van der Waals surface area contributed by atoms with Gasteiger partial charge in [0.2, 0.25) is 10.0 Å². The monoisotopic (exact) mass is 1010 g/mol. The van der Waals surface area contributed by atoms with Crippen molar-refractivity contribution in [2.24, 2.45) is 0 Å². The predicted octanol–water partition coefficient (Wildman–Crippen LogP) is -0.0577. The zero-order chi connectivity index (χ0) is 49.8. The van der Waals surface area contributed by atoms with Gasteiger partial charge in [-0.05, 0) is 29.8 Å². The number of fused-ring (bicyclic) bond motifs is 2. The van der Waals surface area contributed by atoms with Crippen LogP contribution in [0.4, 0.5) is 5.69 Å². The number of hydrogen-bond acceptors (Lipinski definition) is 22. The van der Waals surface area contributed by atoms with Crippen molar-refractivity contribution in [3.8, 4) is 22.5 Å². The minimum Gasteiger partial charge on any atom is -0.744 e. The molecule has 2 aliphatic heterocycles. The van der Waals surface area contributed by atoms with E-state index < -0.39 is 70.4 Å². The second kappa shape index (κ2) is 27.0. The number of amides is 2. The fraction of sp³-hybridized carbons (Fsp3) is 0.465. The van der Waals surface area contributed by atoms with E-state index in [4.69, 9.17) is 58.3 Å². The number of sulfonamides is 1. The van der Waals surface area contributed by atoms with Gasteiger partial charge in [0.1, 0.15) is 19.9 Å². The molecule has 0 aromatic heterocycles. The molecule has 2 aromatic carbocycles. The van der Waals surface area contributed by atoms with Gasteiger partial charge in [0.05, 0.1) is 129 Å². The number of benzene rings is 3. The highest BCUT2D eigenvalue weighted by atomic mass is 32.2. The summed E-state index contributed by atoms with van der Waals surface area (Å²) < 4.78 is 116. The highest BCUT2D eigenvalue weighted by Crippen LogP contribution is 2.45. The summed E-state index contributed by atoms with van der Waals surface area (Å²) >= 11 is 0. The predicted molar refractivity (Wildman–Crippen MR) is 234 cm³/mol. The number of carboxylic acid groups (broad SMARTS) is 1. The van der Waals surface area contributed by atoms with Gasteiger partial charge in [-0.25, -0.2) is 26.4 Å². The van der Waals surface area contributed by atoms with E-state index >= 15 is 0 Å². The summed E-state index contributed by atoms with van der Waals surface area (Å²) in [4.78, 5) is 49.8. The second-order valence-electron chi connectivity index (χ2n) is 14.5. The number of nitrogens with one attached hydrogen (secondary N) is 2. The van der Waals surface area contributed by atoms with Crippen molar-refractivity contribution in [3.05, 3.63) is 59.5 Å². The molecule has 378 valence electrons. The van der Waals surface area contributed by atoms with Crippen LogP contribution in [0.25, 0.3) is 33.4 Å². The van der Waals surface area contributed by atoms with Gasteiger partial charge in [-0.15, -0.1) is 5.06 Å². The number of aromatic carboxylic acids is 1. The summed E-state index contributed by atoms with van der Waals surface area (Å²) in [5.74, 6) is -4.07. The number of hydroxylamine groups is 2. The van der Waals surface area contributed by atoms with Gasteiger partial charge in [-0.2, -0.15) is 0 Å². The van der Waals surface area contributed by atoms with E-state index in [1.807, 2.05) is 0 Å². The van der Waals surface area contributed by atoms with Gasteiger partial charge in [-0.1, -0.05) is 24.3 Å². The lowest BCUT2D eigenvalue weighted by Crippen LogP contribution is -2.32. The molecule has 24 nitrogen and oxygen atoms in total. The van der Waals surface area contributed by atoms with Crippen molar-refractivity contribution < 1.29 is 92.8 Å². The summed E-state index contributed by atoms with van der Waals surface area (Å²) in [5, 5.41) is 20.1. The van der Waals surface area contributed by atoms with Crippen molar-refractivity contribution in [2.45, 2.75) is 29.1 Å². The first-order chi connectivity index (χ1) is 33.1. The van der Waals surface area contributed by atoms with Crippen LogP contribution in [0.5, 0.6) is 0 Å². The first-order valence-electron chi connectivity index (χ1n) is 21.4. The Labute approximate surface area is 396 Å². The van der Waals surface area contributed by atoms with Crippen LogP contribution in [0.15, 0.2) is 62.7 Å². The second-order valence-corrected chi connectivity index (χ2v) is 17.6. The maximum absolute atomic E-state index is 13.7. The molecular weight excluding hydrogens is 957 g/mol. The number of nitrogens with zero attached hydrogens (tertiary/aromatic N) is 1. The summed E-state index contributed by atoms with van der Waals surface area (Å²) in [5.41, 5.74) is 4.91. The zero-order valence-corrected chi connectivity index (χ0v) is 38.9. The van der Waals surface area contributed by atoms with Crippen molar-refractivity contribution in [1.82, 2.24) is 9.79 Å². The van der Waals surface area contributed by atoms with Gasteiger partial charge in [0.25, 0.3) is 11.8 Å². The first-order valence-corrected chi connectivity index (χ1v) is 24.3. The number of rotatable bonds is 33. The molecule has 0 spiro atoms. The minimum atomic E-state index is -5.38. The summed E-state index contributed by atoms with van der Waals surface area (Å²) in [6, 6.07) is 10.4. The Bertz CT molecular complexity index is 2630. The Morgan fingerprint density at radius 1 is 0.667 bits per heavy atom. The number of hydrogen-bond donors (Lipinski definition) is 3. The van der Waals surface area contributed by atoms with E-state index in [2.05, 4.69) is 4.72 Å². The largest absolute Gasteiger partial charge is 0.744 e. The normalized spacial score (nSPS) is 13.3. The number of nitrogen functional groups attached to an aromatic ring is 1. The quantitative estimate of drug-likeness (QED) is 0.0185. The lowest BCUT2D eigenvalue weighted by Gasteiger charge is -2.22. The molecule has 2 aromatic rings. The van der Waals surface area contributed by atoms with Crippen molar-refractivity contribution in [3.63, 3.8) is 0 Å². The molecule has 26 heteroatoms. The van der Waals surface area contributed by atoms with Crippen molar-refractivity contribution in [2.75, 3.05) is 118 Å². The van der Waals surface area contributed by atoms with Gasteiger partial charge in [-0.3, -0.25) is 15.0 Å². The van der Waals surface area contributed by atoms with E-state index in [1.54, 1.807) is 0 Å². The highest BCUT2D eigenvalue weighted by molar-refractivity contribution is 7.90. The molecule has 1 saturated heterocycles. The van der Waals surface area contributed by atoms with Gasteiger partial charge < -0.3 is 67.3 Å². The van der Waals surface area contributed by atoms with E-state index in [0.717, 1.165) is 6.07 Å². The van der Waals surface area contributed by atoms with Crippen LogP contribution in [-0.4, -0.2) is 162 Å². The van der Waals surface area contributed by atoms with Crippen molar-refractivity contribution >= 4 is 60.6 Å². The van der Waals surface area contributed by atoms with Crippen LogP contribution in [0, 0.1) is 5.41 Å². The van der Waals surface area contributed by atoms with Crippen molar-refractivity contribution in [1.29, 1.82) is 5.41 Å². The average molecular weight is 1010 g/mol. The lowest BCUT2D eigenvalue weighted by molar-refractivity contribution is -0.255. The Hall–Kier alpha value is -5.49. The topological polar surface area (TPSA) is 344 Å². The van der Waals surface area contributed by atoms with E-state index in [0.29, 0.717) is 57.9 Å². The number of carbonyl (C=O) groups excluding carboxylic acids is 4. The zero-order valence-electron chi connectivity index (χ0n) is 37.3. The third-order valence-corrected chi connectivity index (χ3v) is 12.2. The SMILES string of the molecule is N=c1ccc2c(-c3ccccc3C(=O)[O-])c3ccc(N)c(S(=O)(=O)NCCOCCOCCOCCOCCOCCOCCOCCOCCC(=O)ON4C(=O)CCC4=O)c3oc-2c1S(=O)(=O)[O-]. The lowest BCUT2D eigenvalue weighted by atomic mass is 9.90. The number of imide groups is 1. The van der Waals surface area contributed by atoms with E-state index in [9.17, 15) is 45.7 Å². The Morgan fingerprint density at radius 2 is 1.16 bits per heavy atom. The van der Waals surface area contributed by atoms with E-state index in [1.165, 1.54) is 42.5 Å². The molecule has 1 fully saturated rings. The van der Waals surface area contributed by atoms with Crippen LogP contribution in [-0.2, 0) is 77.3 Å². The fourth-order valence-electron chi connectivity index (χ4n) is 6.60. The van der Waals surface area contributed by atoms with Crippen LogP contribution in [0.1, 0.15) is 29.6 Å². The maximum atomic E-state index is 13.7. The molecule has 0 unspecified atom stereocenters. The number of carbonyl (C=O) groups is 4. The molecule has 69 heavy (non-hydrogen) atoms. The maximum Gasteiger partial charge on any atom is 0.335 e. The molecule has 0 saturated carbocycles. The minimum absolute atomic E-state index is 0.00383. The average Bonchev–Trinajstić information content (AvgIpc) is 3.61. The standard InChI is InChI=1S/C43H54N4O20S2/c44-33-7-5-31-38(29-3-1-2-4-30(29)43(51)52)32-6-8-34(45)42(69(55,56)57)40(32)66-39(31)41(33)68(53,54)46-12-14-59-16-18-61-20-22-63-24-26-65-28-27-64-25-23-62-21-19-60-17-15-58-13-11-37(50)67-47-35(48)9-10-36(47)49/h1-8,45-46H,9-28,44H2,(H,51,52)(H,55,56,57)/p-2. The first kappa shape index (κ1) is 54.5. The van der Waals surface area contributed by atoms with Gasteiger partial charge in [0.15, 0.2) is 11.3 Å². The van der Waals surface area contributed by atoms with Crippen LogP contribution in [0.3, 0.4) is 0 Å². The summed E-state index contributed by atoms with van der Waals surface area (Å²) in [6.45, 7) is 3.87. The molecule has 0 atom stereocenters. The van der Waals surface area contributed by atoms with Gasteiger partial charge >= 0.3 is 5.97 Å². The molecule has 4 N–H and O–H groups in total. The molecule has 2 amide bonds. The molecule has 2 heterocycles. The fourth-order valence-corrected chi connectivity index (χ4v) is 8.59. The molecular formula is C43H52N4O20S2-2. The molecule has 0 radical (unpaired) electrons. The summed E-state index contributed by atoms with van der Waals surface area (Å²) in [7, 11) is -9.93. The van der Waals surface area contributed by atoms with Crippen LogP contribution < -0.4 is 20.9 Å². The Morgan fingerprint density at radius 3 is 1.67 bits per heavy atom. The highest BCUT2D eigenvalue weighted by Gasteiger charge is 2.33. The van der Waals surface area contributed by atoms with Crippen LogP contribution >= 0.6 is 0 Å². The third kappa shape index (κ3) is 16.0. The number of carboxylic acids is 1. The third-order valence-electron chi connectivity index (χ3n) is 9.72. The smallest absolute Gasteiger partial charge is 0.335 e. The van der Waals surface area contributed by atoms with Crippen LogP contribution in [0.2, 0.25) is 0 Å². The Kier molecular flexibility index (Phi) is 21.3. The number of anilines is 1. The number of ether oxygens (including phenoxy) is 8. The van der Waals surface area contributed by atoms with E-state index in [-0.39, 0.29) is 112 Å². The molecule has 0 bridgehead atoms. The number of nitrogens with two attached hydrogens (primary N) is 1. The van der Waals surface area contributed by atoms with Gasteiger partial charge in [0, 0.05) is 41.5 Å². The molecule has 3 aliphatic rings. The molecule has 1 aliphatic carbocycles.